The molecule has 0 aliphatic rings. The molecule has 0 saturated heterocycles. The third-order valence-electron chi connectivity index (χ3n) is 4.25. The number of hydrogen-bond donors (Lipinski definition) is 3. The van der Waals surface area contributed by atoms with E-state index in [9.17, 15) is 9.18 Å². The molecule has 170 valence electrons. The molecule has 0 bridgehead atoms. The van der Waals surface area contributed by atoms with Crippen molar-refractivity contribution in [3.05, 3.63) is 52.6 Å². The maximum atomic E-state index is 13.7. The highest BCUT2D eigenvalue weighted by atomic mass is 35.5. The average molecular weight is 463 g/mol. The van der Waals surface area contributed by atoms with Crippen LogP contribution in [0, 0.1) is 12.7 Å². The molecule has 0 aliphatic heterocycles. The first-order chi connectivity index (χ1) is 15.3. The van der Waals surface area contributed by atoms with E-state index in [2.05, 4.69) is 31.0 Å². The van der Waals surface area contributed by atoms with Gasteiger partial charge in [-0.25, -0.2) is 4.39 Å². The molecule has 11 heteroatoms. The number of nitrogens with one attached hydrogen (secondary N) is 3. The topological polar surface area (TPSA) is 117 Å². The number of aromatic amines is 1. The van der Waals surface area contributed by atoms with Crippen LogP contribution in [0.4, 0.5) is 10.2 Å². The summed E-state index contributed by atoms with van der Waals surface area (Å²) in [6.07, 6.45) is 2.13. The second-order valence-electron chi connectivity index (χ2n) is 7.20. The van der Waals surface area contributed by atoms with E-state index >= 15 is 0 Å². The van der Waals surface area contributed by atoms with Gasteiger partial charge in [0.2, 0.25) is 5.96 Å². The summed E-state index contributed by atoms with van der Waals surface area (Å²) in [5.41, 5.74) is 1.36. The summed E-state index contributed by atoms with van der Waals surface area (Å²) >= 11 is 5.93. The molecular weight excluding hydrogens is 439 g/mol. The second-order valence-corrected chi connectivity index (χ2v) is 7.64. The van der Waals surface area contributed by atoms with Crippen molar-refractivity contribution in [3.8, 4) is 11.3 Å². The Hall–Kier alpha value is -3.24. The molecule has 3 aromatic rings. The Morgan fingerprint density at radius 3 is 2.84 bits per heavy atom. The van der Waals surface area contributed by atoms with Gasteiger partial charge >= 0.3 is 0 Å². The van der Waals surface area contributed by atoms with Crippen LogP contribution in [-0.4, -0.2) is 46.5 Å². The van der Waals surface area contributed by atoms with Crippen molar-refractivity contribution in [1.82, 2.24) is 20.7 Å². The molecule has 0 radical (unpaired) electrons. The van der Waals surface area contributed by atoms with Gasteiger partial charge in [-0.3, -0.25) is 20.2 Å². The van der Waals surface area contributed by atoms with Crippen molar-refractivity contribution in [3.63, 3.8) is 0 Å². The minimum atomic E-state index is -0.459. The van der Waals surface area contributed by atoms with E-state index in [1.54, 1.807) is 19.1 Å². The monoisotopic (exact) mass is 462 g/mol. The summed E-state index contributed by atoms with van der Waals surface area (Å²) < 4.78 is 24.1. The van der Waals surface area contributed by atoms with Crippen LogP contribution in [0.1, 0.15) is 36.4 Å². The molecule has 0 saturated carbocycles. The largest absolute Gasteiger partial charge is 0.379 e. The summed E-state index contributed by atoms with van der Waals surface area (Å²) in [6, 6.07) is 5.82. The molecule has 1 aromatic carbocycles. The van der Waals surface area contributed by atoms with Crippen molar-refractivity contribution in [2.24, 2.45) is 4.99 Å². The predicted octanol–water partition coefficient (Wildman–Crippen LogP) is 4.18. The summed E-state index contributed by atoms with van der Waals surface area (Å²) in [6.45, 7) is 6.51. The van der Waals surface area contributed by atoms with Crippen molar-refractivity contribution in [2.75, 3.05) is 18.5 Å². The standard InChI is InChI=1S/C21H24ClFN6O3/c1-12(2)31-6-4-5-24-21(27-20(30)17-11-25-32-13(17)3)26-19-10-18(28-29-19)14-7-15(22)9-16(23)8-14/h7-12H,4-6H2,1-3H3,(H3,24,26,27,28,29,30). The van der Waals surface area contributed by atoms with Crippen LogP contribution in [0.3, 0.4) is 0 Å². The molecule has 1 amide bonds. The zero-order valence-electron chi connectivity index (χ0n) is 17.9. The van der Waals surface area contributed by atoms with Crippen molar-refractivity contribution in [2.45, 2.75) is 33.3 Å². The Labute approximate surface area is 189 Å². The lowest BCUT2D eigenvalue weighted by molar-refractivity contribution is 0.0783. The number of amides is 1. The van der Waals surface area contributed by atoms with Gasteiger partial charge in [0.15, 0.2) is 5.82 Å². The molecular formula is C21H24ClFN6O3. The maximum absolute atomic E-state index is 13.7. The number of aliphatic imine (C=N–C) groups is 1. The van der Waals surface area contributed by atoms with Gasteiger partial charge in [-0.2, -0.15) is 5.10 Å². The zero-order valence-corrected chi connectivity index (χ0v) is 18.7. The number of hydrogen-bond acceptors (Lipinski definition) is 6. The van der Waals surface area contributed by atoms with Crippen LogP contribution in [-0.2, 0) is 4.74 Å². The van der Waals surface area contributed by atoms with Crippen LogP contribution in [0.2, 0.25) is 5.02 Å². The molecule has 32 heavy (non-hydrogen) atoms. The number of aryl methyl sites for hydroxylation is 1. The van der Waals surface area contributed by atoms with Gasteiger partial charge in [0.05, 0.1) is 18.0 Å². The van der Waals surface area contributed by atoms with E-state index in [1.807, 2.05) is 13.8 Å². The van der Waals surface area contributed by atoms with E-state index in [4.69, 9.17) is 20.9 Å². The van der Waals surface area contributed by atoms with Crippen LogP contribution in [0.15, 0.2) is 40.0 Å². The van der Waals surface area contributed by atoms with Gasteiger partial charge in [-0.05, 0) is 45.4 Å². The average Bonchev–Trinajstić information content (AvgIpc) is 3.35. The van der Waals surface area contributed by atoms with Gasteiger partial charge in [0.25, 0.3) is 5.91 Å². The fraction of sp³-hybridized carbons (Fsp3) is 0.333. The molecule has 0 unspecified atom stereocenters. The summed E-state index contributed by atoms with van der Waals surface area (Å²) in [5.74, 6) is 0.0625. The van der Waals surface area contributed by atoms with Gasteiger partial charge in [-0.1, -0.05) is 16.8 Å². The summed E-state index contributed by atoms with van der Waals surface area (Å²) in [4.78, 5) is 17.0. The van der Waals surface area contributed by atoms with Crippen molar-refractivity contribution in [1.29, 1.82) is 0 Å². The number of guanidine groups is 1. The Kier molecular flexibility index (Phi) is 7.96. The molecule has 3 N–H and O–H groups in total. The number of carbonyl (C=O) groups is 1. The van der Waals surface area contributed by atoms with E-state index in [0.29, 0.717) is 48.0 Å². The van der Waals surface area contributed by atoms with E-state index < -0.39 is 11.7 Å². The molecule has 0 aliphatic carbocycles. The fourth-order valence-corrected chi connectivity index (χ4v) is 2.96. The van der Waals surface area contributed by atoms with Crippen LogP contribution < -0.4 is 10.6 Å². The van der Waals surface area contributed by atoms with Gasteiger partial charge in [0.1, 0.15) is 17.1 Å². The lowest BCUT2D eigenvalue weighted by atomic mass is 10.1. The van der Waals surface area contributed by atoms with Crippen LogP contribution in [0.25, 0.3) is 11.3 Å². The highest BCUT2D eigenvalue weighted by Crippen LogP contribution is 2.24. The maximum Gasteiger partial charge on any atom is 0.263 e. The lowest BCUT2D eigenvalue weighted by Crippen LogP contribution is -2.36. The quantitative estimate of drug-likeness (QED) is 0.262. The van der Waals surface area contributed by atoms with Gasteiger partial charge < -0.3 is 14.6 Å². The fourth-order valence-electron chi connectivity index (χ4n) is 2.74. The Bertz CT molecular complexity index is 1070. The van der Waals surface area contributed by atoms with Gasteiger partial charge in [0, 0.05) is 29.8 Å². The number of rotatable bonds is 8. The molecule has 2 aromatic heterocycles. The second kappa shape index (κ2) is 10.9. The molecule has 0 atom stereocenters. The van der Waals surface area contributed by atoms with Crippen LogP contribution in [0.5, 0.6) is 0 Å². The summed E-state index contributed by atoms with van der Waals surface area (Å²) in [7, 11) is 0. The minimum absolute atomic E-state index is 0.131. The first-order valence-corrected chi connectivity index (χ1v) is 10.4. The summed E-state index contributed by atoms with van der Waals surface area (Å²) in [5, 5.41) is 16.5. The van der Waals surface area contributed by atoms with E-state index in [-0.39, 0.29) is 17.1 Å². The number of ether oxygens (including phenoxy) is 1. The Balaban J connectivity index is 1.73. The van der Waals surface area contributed by atoms with Crippen LogP contribution >= 0.6 is 11.6 Å². The normalized spacial score (nSPS) is 11.8. The number of aromatic nitrogens is 3. The number of benzene rings is 1. The smallest absolute Gasteiger partial charge is 0.263 e. The van der Waals surface area contributed by atoms with Crippen molar-refractivity contribution < 1.29 is 18.4 Å². The molecule has 2 heterocycles. The molecule has 9 nitrogen and oxygen atoms in total. The number of H-pyrrole nitrogens is 1. The zero-order chi connectivity index (χ0) is 23.1. The SMILES string of the molecule is Cc1oncc1C(=O)NC(=NCCCOC(C)C)Nc1cc(-c2cc(F)cc(Cl)c2)[nH]n1. The number of anilines is 1. The molecule has 0 spiro atoms. The minimum Gasteiger partial charge on any atom is -0.379 e. The molecule has 3 rings (SSSR count). The van der Waals surface area contributed by atoms with E-state index in [0.717, 1.165) is 0 Å². The van der Waals surface area contributed by atoms with Gasteiger partial charge in [-0.15, -0.1) is 0 Å². The lowest BCUT2D eigenvalue weighted by Gasteiger charge is -2.10. The molecule has 0 fully saturated rings. The number of carbonyl (C=O) groups excluding carboxylic acids is 1. The third-order valence-corrected chi connectivity index (χ3v) is 4.47. The Morgan fingerprint density at radius 2 is 2.16 bits per heavy atom. The highest BCUT2D eigenvalue weighted by molar-refractivity contribution is 6.30. The first-order valence-electron chi connectivity index (χ1n) is 9.99. The van der Waals surface area contributed by atoms with Crippen molar-refractivity contribution >= 4 is 29.3 Å². The number of halogens is 2. The predicted molar refractivity (Wildman–Crippen MR) is 119 cm³/mol. The number of nitrogens with zero attached hydrogens (tertiary/aromatic N) is 3. The third kappa shape index (κ3) is 6.63. The van der Waals surface area contributed by atoms with E-state index in [1.165, 1.54) is 18.3 Å². The first kappa shape index (κ1) is 23.4. The highest BCUT2D eigenvalue weighted by Gasteiger charge is 2.16. The Morgan fingerprint density at radius 1 is 1.34 bits per heavy atom.